The predicted octanol–water partition coefficient (Wildman–Crippen LogP) is 3.44. The van der Waals surface area contributed by atoms with Crippen LogP contribution in [-0.2, 0) is 0 Å². The van der Waals surface area contributed by atoms with Crippen LogP contribution in [0.1, 0.15) is 30.1 Å². The summed E-state index contributed by atoms with van der Waals surface area (Å²) in [5.74, 6) is 0.866. The summed E-state index contributed by atoms with van der Waals surface area (Å²) in [5.41, 5.74) is 1.98. The Morgan fingerprint density at radius 3 is 2.82 bits per heavy atom. The molecule has 0 amide bonds. The average Bonchev–Trinajstić information content (AvgIpc) is 2.72. The van der Waals surface area contributed by atoms with Crippen LogP contribution < -0.4 is 5.32 Å². The third kappa shape index (κ3) is 2.76. The van der Waals surface area contributed by atoms with Crippen LogP contribution in [0, 0.1) is 6.92 Å². The van der Waals surface area contributed by atoms with E-state index in [9.17, 15) is 0 Å². The van der Waals surface area contributed by atoms with Crippen LogP contribution in [0.3, 0.4) is 0 Å². The van der Waals surface area contributed by atoms with Crippen molar-refractivity contribution < 1.29 is 4.42 Å². The maximum atomic E-state index is 5.52. The van der Waals surface area contributed by atoms with Gasteiger partial charge in [-0.3, -0.25) is 4.98 Å². The number of furan rings is 1. The molecule has 0 saturated carbocycles. The number of hydrogen-bond donors (Lipinski definition) is 1. The highest BCUT2D eigenvalue weighted by Crippen LogP contribution is 2.28. The molecule has 0 aromatic carbocycles. The van der Waals surface area contributed by atoms with Crippen molar-refractivity contribution in [3.8, 4) is 0 Å². The van der Waals surface area contributed by atoms with Gasteiger partial charge in [0.1, 0.15) is 11.8 Å². The molecule has 1 unspecified atom stereocenters. The zero-order valence-electron chi connectivity index (χ0n) is 9.90. The minimum Gasteiger partial charge on any atom is -0.466 e. The average molecular weight is 295 g/mol. The summed E-state index contributed by atoms with van der Waals surface area (Å²) < 4.78 is 6.49. The molecule has 0 aliphatic rings. The van der Waals surface area contributed by atoms with E-state index in [0.717, 1.165) is 28.2 Å². The second-order valence-electron chi connectivity index (χ2n) is 3.83. The van der Waals surface area contributed by atoms with E-state index in [4.69, 9.17) is 4.42 Å². The molecule has 0 saturated heterocycles. The third-order valence-corrected chi connectivity index (χ3v) is 3.18. The number of aromatic nitrogens is 1. The van der Waals surface area contributed by atoms with Crippen molar-refractivity contribution >= 4 is 15.9 Å². The minimum absolute atomic E-state index is 0.00993. The van der Waals surface area contributed by atoms with Crippen LogP contribution in [0.2, 0.25) is 0 Å². The molecule has 0 spiro atoms. The molecule has 2 aromatic heterocycles. The van der Waals surface area contributed by atoms with E-state index in [0.29, 0.717) is 0 Å². The smallest absolute Gasteiger partial charge is 0.140 e. The Balaban J connectivity index is 2.39. The molecule has 0 radical (unpaired) electrons. The van der Waals surface area contributed by atoms with Crippen LogP contribution in [-0.4, -0.2) is 11.5 Å². The maximum absolute atomic E-state index is 5.52. The topological polar surface area (TPSA) is 38.1 Å². The van der Waals surface area contributed by atoms with Gasteiger partial charge in [-0.1, -0.05) is 13.0 Å². The second kappa shape index (κ2) is 5.47. The van der Waals surface area contributed by atoms with E-state index in [1.54, 1.807) is 6.26 Å². The van der Waals surface area contributed by atoms with E-state index in [1.807, 2.05) is 31.2 Å². The number of halogens is 1. The highest BCUT2D eigenvalue weighted by molar-refractivity contribution is 9.10. The molecule has 3 nitrogen and oxygen atoms in total. The lowest BCUT2D eigenvalue weighted by atomic mass is 10.1. The summed E-state index contributed by atoms with van der Waals surface area (Å²) in [4.78, 5) is 4.55. The molecule has 4 heteroatoms. The third-order valence-electron chi connectivity index (χ3n) is 2.52. The Bertz CT molecular complexity index is 496. The molecular formula is C13H15BrN2O. The summed E-state index contributed by atoms with van der Waals surface area (Å²) in [6.45, 7) is 4.91. The number of nitrogens with one attached hydrogen (secondary N) is 1. The number of nitrogens with zero attached hydrogens (tertiary/aromatic N) is 1. The molecule has 2 rings (SSSR count). The lowest BCUT2D eigenvalue weighted by molar-refractivity contribution is 0.445. The van der Waals surface area contributed by atoms with Crippen molar-refractivity contribution in [1.82, 2.24) is 10.3 Å². The van der Waals surface area contributed by atoms with E-state index >= 15 is 0 Å². The quantitative estimate of drug-likeness (QED) is 0.939. The van der Waals surface area contributed by atoms with Gasteiger partial charge in [-0.15, -0.1) is 0 Å². The first-order valence-corrected chi connectivity index (χ1v) is 6.41. The van der Waals surface area contributed by atoms with E-state index in [-0.39, 0.29) is 6.04 Å². The number of pyridine rings is 1. The Kier molecular flexibility index (Phi) is 3.97. The van der Waals surface area contributed by atoms with Crippen molar-refractivity contribution in [3.05, 3.63) is 52.1 Å². The van der Waals surface area contributed by atoms with Gasteiger partial charge in [-0.05, 0) is 47.6 Å². The molecule has 17 heavy (non-hydrogen) atoms. The Morgan fingerprint density at radius 2 is 2.24 bits per heavy atom. The van der Waals surface area contributed by atoms with Crippen molar-refractivity contribution in [2.75, 3.05) is 6.54 Å². The van der Waals surface area contributed by atoms with Gasteiger partial charge in [0.15, 0.2) is 0 Å². The molecule has 0 bridgehead atoms. The fraction of sp³-hybridized carbons (Fsp3) is 0.308. The van der Waals surface area contributed by atoms with Gasteiger partial charge in [0, 0.05) is 5.69 Å². The highest BCUT2D eigenvalue weighted by atomic mass is 79.9. The first kappa shape index (κ1) is 12.3. The molecule has 90 valence electrons. The molecule has 1 N–H and O–H groups in total. The molecule has 1 atom stereocenters. The number of rotatable bonds is 4. The molecular weight excluding hydrogens is 280 g/mol. The molecule has 0 aliphatic heterocycles. The van der Waals surface area contributed by atoms with E-state index < -0.39 is 0 Å². The van der Waals surface area contributed by atoms with Gasteiger partial charge in [0.05, 0.1) is 16.4 Å². The first-order valence-electron chi connectivity index (χ1n) is 5.62. The van der Waals surface area contributed by atoms with Crippen molar-refractivity contribution in [2.24, 2.45) is 0 Å². The van der Waals surface area contributed by atoms with Crippen LogP contribution in [0.25, 0.3) is 0 Å². The SMILES string of the molecule is CCNC(c1cccc(C)n1)c1occc1Br. The Labute approximate surface area is 109 Å². The van der Waals surface area contributed by atoms with Gasteiger partial charge >= 0.3 is 0 Å². The van der Waals surface area contributed by atoms with Crippen LogP contribution >= 0.6 is 15.9 Å². The lowest BCUT2D eigenvalue weighted by Crippen LogP contribution is -2.23. The maximum Gasteiger partial charge on any atom is 0.140 e. The number of hydrogen-bond acceptors (Lipinski definition) is 3. The summed E-state index contributed by atoms with van der Waals surface area (Å²) in [6, 6.07) is 7.90. The van der Waals surface area contributed by atoms with Crippen molar-refractivity contribution in [3.63, 3.8) is 0 Å². The summed E-state index contributed by atoms with van der Waals surface area (Å²) in [7, 11) is 0. The van der Waals surface area contributed by atoms with Gasteiger partial charge in [0.25, 0.3) is 0 Å². The van der Waals surface area contributed by atoms with E-state index in [1.165, 1.54) is 0 Å². The van der Waals surface area contributed by atoms with Crippen LogP contribution in [0.15, 0.2) is 39.4 Å². The zero-order chi connectivity index (χ0) is 12.3. The summed E-state index contributed by atoms with van der Waals surface area (Å²) >= 11 is 3.49. The second-order valence-corrected chi connectivity index (χ2v) is 4.68. The summed E-state index contributed by atoms with van der Waals surface area (Å²) in [6.07, 6.45) is 1.68. The first-order chi connectivity index (χ1) is 8.22. The van der Waals surface area contributed by atoms with E-state index in [2.05, 4.69) is 33.2 Å². The molecule has 2 aromatic rings. The van der Waals surface area contributed by atoms with Gasteiger partial charge in [-0.25, -0.2) is 0 Å². The normalized spacial score (nSPS) is 12.6. The monoisotopic (exact) mass is 294 g/mol. The Morgan fingerprint density at radius 1 is 1.41 bits per heavy atom. The van der Waals surface area contributed by atoms with Crippen LogP contribution in [0.4, 0.5) is 0 Å². The minimum atomic E-state index is -0.00993. The van der Waals surface area contributed by atoms with Crippen LogP contribution in [0.5, 0.6) is 0 Å². The molecule has 0 aliphatic carbocycles. The van der Waals surface area contributed by atoms with Gasteiger partial charge < -0.3 is 9.73 Å². The van der Waals surface area contributed by atoms with Crippen molar-refractivity contribution in [1.29, 1.82) is 0 Å². The van der Waals surface area contributed by atoms with Gasteiger partial charge in [0.2, 0.25) is 0 Å². The molecule has 2 heterocycles. The number of aryl methyl sites for hydroxylation is 1. The zero-order valence-corrected chi connectivity index (χ0v) is 11.5. The largest absolute Gasteiger partial charge is 0.466 e. The van der Waals surface area contributed by atoms with Gasteiger partial charge in [-0.2, -0.15) is 0 Å². The predicted molar refractivity (Wildman–Crippen MR) is 70.9 cm³/mol. The Hall–Kier alpha value is -1.13. The van der Waals surface area contributed by atoms with Crippen molar-refractivity contribution in [2.45, 2.75) is 19.9 Å². The highest BCUT2D eigenvalue weighted by Gasteiger charge is 2.20. The fourth-order valence-electron chi connectivity index (χ4n) is 1.77. The fourth-order valence-corrected chi connectivity index (χ4v) is 2.20. The summed E-state index contributed by atoms with van der Waals surface area (Å²) in [5, 5.41) is 3.38. The molecule has 0 fully saturated rings. The lowest BCUT2D eigenvalue weighted by Gasteiger charge is -2.16. The standard InChI is InChI=1S/C13H15BrN2O/c1-3-15-12(13-10(14)7-8-17-13)11-6-4-5-9(2)16-11/h4-8,12,15H,3H2,1-2H3.